The molecule has 1 aliphatic rings. The van der Waals surface area contributed by atoms with Gasteiger partial charge in [-0.3, -0.25) is 4.79 Å². The second kappa shape index (κ2) is 8.68. The summed E-state index contributed by atoms with van der Waals surface area (Å²) in [6.07, 6.45) is 1.59. The molecule has 5 heteroatoms. The number of hydrogen-bond acceptors (Lipinski definition) is 2. The highest BCUT2D eigenvalue weighted by Gasteiger charge is 2.39. The van der Waals surface area contributed by atoms with E-state index in [0.717, 1.165) is 35.2 Å². The molecular formula is C24H31N3O2. The molecule has 1 aliphatic heterocycles. The number of carbonyl (C=O) groups is 2. The van der Waals surface area contributed by atoms with E-state index in [1.165, 1.54) is 5.56 Å². The van der Waals surface area contributed by atoms with Crippen LogP contribution in [0.1, 0.15) is 42.0 Å². The molecule has 0 bridgehead atoms. The predicted octanol–water partition coefficient (Wildman–Crippen LogP) is 4.56. The van der Waals surface area contributed by atoms with Crippen molar-refractivity contribution in [2.75, 3.05) is 18.4 Å². The number of aryl methyl sites for hydroxylation is 3. The van der Waals surface area contributed by atoms with E-state index in [-0.39, 0.29) is 11.9 Å². The number of anilines is 1. The maximum absolute atomic E-state index is 12.9. The summed E-state index contributed by atoms with van der Waals surface area (Å²) in [7, 11) is 0. The Bertz CT molecular complexity index is 891. The second-order valence-corrected chi connectivity index (χ2v) is 8.50. The van der Waals surface area contributed by atoms with Crippen molar-refractivity contribution >= 4 is 17.6 Å². The van der Waals surface area contributed by atoms with E-state index in [9.17, 15) is 9.59 Å². The third-order valence-corrected chi connectivity index (χ3v) is 5.73. The average molecular weight is 394 g/mol. The molecule has 1 fully saturated rings. The van der Waals surface area contributed by atoms with Crippen LogP contribution in [0.15, 0.2) is 42.5 Å². The van der Waals surface area contributed by atoms with Crippen LogP contribution in [0, 0.1) is 26.2 Å². The zero-order valence-electron chi connectivity index (χ0n) is 17.8. The summed E-state index contributed by atoms with van der Waals surface area (Å²) in [5.74, 6) is 0.00194. The molecule has 1 atom stereocenters. The van der Waals surface area contributed by atoms with Crippen LogP contribution in [0.5, 0.6) is 0 Å². The van der Waals surface area contributed by atoms with Crippen molar-refractivity contribution in [1.29, 1.82) is 0 Å². The molecule has 3 amide bonds. The molecule has 29 heavy (non-hydrogen) atoms. The second-order valence-electron chi connectivity index (χ2n) is 8.50. The molecule has 0 radical (unpaired) electrons. The Morgan fingerprint density at radius 1 is 1.03 bits per heavy atom. The number of benzene rings is 2. The SMILES string of the molecule is Cc1ccc(CNC(=O)[C@]2(C)CCCN(C(=O)Nc3ccc(C)cc3C)C2)cc1. The van der Waals surface area contributed by atoms with Crippen molar-refractivity contribution in [2.45, 2.75) is 47.1 Å². The predicted molar refractivity (Wildman–Crippen MR) is 117 cm³/mol. The van der Waals surface area contributed by atoms with Gasteiger partial charge >= 0.3 is 6.03 Å². The highest BCUT2D eigenvalue weighted by molar-refractivity contribution is 5.91. The highest BCUT2D eigenvalue weighted by Crippen LogP contribution is 2.30. The van der Waals surface area contributed by atoms with Gasteiger partial charge in [-0.25, -0.2) is 4.79 Å². The van der Waals surface area contributed by atoms with E-state index in [1.807, 2.05) is 64.1 Å². The zero-order valence-corrected chi connectivity index (χ0v) is 17.8. The van der Waals surface area contributed by atoms with Gasteiger partial charge in [-0.15, -0.1) is 0 Å². The van der Waals surface area contributed by atoms with Gasteiger partial charge in [0.05, 0.1) is 5.41 Å². The molecule has 3 rings (SSSR count). The van der Waals surface area contributed by atoms with Gasteiger partial charge in [-0.2, -0.15) is 0 Å². The largest absolute Gasteiger partial charge is 0.351 e. The summed E-state index contributed by atoms with van der Waals surface area (Å²) in [6, 6.07) is 14.0. The molecule has 154 valence electrons. The third kappa shape index (κ3) is 5.17. The fourth-order valence-electron chi connectivity index (χ4n) is 3.85. The molecular weight excluding hydrogens is 362 g/mol. The summed E-state index contributed by atoms with van der Waals surface area (Å²) >= 11 is 0. The molecule has 2 N–H and O–H groups in total. The van der Waals surface area contributed by atoms with Crippen LogP contribution in [0.4, 0.5) is 10.5 Å². The van der Waals surface area contributed by atoms with Crippen LogP contribution in [0.2, 0.25) is 0 Å². The normalized spacial score (nSPS) is 19.0. The Labute approximate surface area is 173 Å². The monoisotopic (exact) mass is 393 g/mol. The first-order chi connectivity index (χ1) is 13.8. The highest BCUT2D eigenvalue weighted by atomic mass is 16.2. The maximum atomic E-state index is 12.9. The molecule has 0 spiro atoms. The Kier molecular flexibility index (Phi) is 6.26. The van der Waals surface area contributed by atoms with Gasteiger partial charge in [0, 0.05) is 25.3 Å². The number of carbonyl (C=O) groups excluding carboxylic acids is 2. The quantitative estimate of drug-likeness (QED) is 0.800. The summed E-state index contributed by atoms with van der Waals surface area (Å²) in [6.45, 7) is 9.60. The molecule has 2 aromatic rings. The van der Waals surface area contributed by atoms with Crippen molar-refractivity contribution in [2.24, 2.45) is 5.41 Å². The standard InChI is InChI=1S/C24H31N3O2/c1-17-6-9-20(10-7-17)15-25-22(28)24(4)12-5-13-27(16-24)23(29)26-21-11-8-18(2)14-19(21)3/h6-11,14H,5,12-13,15-16H2,1-4H3,(H,25,28)(H,26,29)/t24-/m1/s1. The van der Waals surface area contributed by atoms with E-state index in [2.05, 4.69) is 16.7 Å². The first-order valence-electron chi connectivity index (χ1n) is 10.2. The Balaban J connectivity index is 1.60. The van der Waals surface area contributed by atoms with Crippen LogP contribution < -0.4 is 10.6 Å². The van der Waals surface area contributed by atoms with Crippen LogP contribution >= 0.6 is 0 Å². The van der Waals surface area contributed by atoms with Crippen LogP contribution in [-0.4, -0.2) is 29.9 Å². The van der Waals surface area contributed by atoms with Gasteiger partial charge in [0.25, 0.3) is 0 Å². The van der Waals surface area contributed by atoms with Crippen molar-refractivity contribution in [1.82, 2.24) is 10.2 Å². The molecule has 1 heterocycles. The number of rotatable bonds is 4. The minimum atomic E-state index is -0.581. The first-order valence-corrected chi connectivity index (χ1v) is 10.2. The number of hydrogen-bond donors (Lipinski definition) is 2. The van der Waals surface area contributed by atoms with Crippen LogP contribution in [0.3, 0.4) is 0 Å². The van der Waals surface area contributed by atoms with E-state index >= 15 is 0 Å². The summed E-state index contributed by atoms with van der Waals surface area (Å²) in [4.78, 5) is 27.5. The number of nitrogens with one attached hydrogen (secondary N) is 2. The average Bonchev–Trinajstić information content (AvgIpc) is 2.69. The lowest BCUT2D eigenvalue weighted by atomic mass is 9.81. The van der Waals surface area contributed by atoms with Gasteiger partial charge < -0.3 is 15.5 Å². The van der Waals surface area contributed by atoms with Crippen LogP contribution in [0.25, 0.3) is 0 Å². The molecule has 0 unspecified atom stereocenters. The van der Waals surface area contributed by atoms with Gasteiger partial charge in [0.15, 0.2) is 0 Å². The summed E-state index contributed by atoms with van der Waals surface area (Å²) < 4.78 is 0. The molecule has 0 saturated carbocycles. The van der Waals surface area contributed by atoms with Crippen molar-refractivity contribution in [3.05, 3.63) is 64.7 Å². The van der Waals surface area contributed by atoms with E-state index in [0.29, 0.717) is 19.6 Å². The number of nitrogens with zero attached hydrogens (tertiary/aromatic N) is 1. The van der Waals surface area contributed by atoms with E-state index < -0.39 is 5.41 Å². The lowest BCUT2D eigenvalue weighted by Gasteiger charge is -2.39. The fourth-order valence-corrected chi connectivity index (χ4v) is 3.85. The number of piperidine rings is 1. The zero-order chi connectivity index (χ0) is 21.0. The number of urea groups is 1. The van der Waals surface area contributed by atoms with Crippen LogP contribution in [-0.2, 0) is 11.3 Å². The number of amides is 3. The molecule has 2 aromatic carbocycles. The van der Waals surface area contributed by atoms with Gasteiger partial charge in [0.2, 0.25) is 5.91 Å². The Morgan fingerprint density at radius 2 is 1.72 bits per heavy atom. The molecule has 5 nitrogen and oxygen atoms in total. The van der Waals surface area contributed by atoms with Gasteiger partial charge in [-0.1, -0.05) is 47.5 Å². The molecule has 0 aliphatic carbocycles. The van der Waals surface area contributed by atoms with Crippen molar-refractivity contribution in [3.8, 4) is 0 Å². The number of likely N-dealkylation sites (tertiary alicyclic amines) is 1. The Morgan fingerprint density at radius 3 is 2.41 bits per heavy atom. The smallest absolute Gasteiger partial charge is 0.321 e. The minimum Gasteiger partial charge on any atom is -0.351 e. The fraction of sp³-hybridized carbons (Fsp3) is 0.417. The first kappa shape index (κ1) is 20.9. The van der Waals surface area contributed by atoms with Gasteiger partial charge in [-0.05, 0) is 57.7 Å². The van der Waals surface area contributed by atoms with Crippen molar-refractivity contribution < 1.29 is 9.59 Å². The lowest BCUT2D eigenvalue weighted by Crippen LogP contribution is -2.52. The van der Waals surface area contributed by atoms with Crippen molar-refractivity contribution in [3.63, 3.8) is 0 Å². The lowest BCUT2D eigenvalue weighted by molar-refractivity contribution is -0.132. The summed E-state index contributed by atoms with van der Waals surface area (Å²) in [5.41, 5.74) is 4.71. The van der Waals surface area contributed by atoms with Gasteiger partial charge in [0.1, 0.15) is 0 Å². The topological polar surface area (TPSA) is 61.4 Å². The maximum Gasteiger partial charge on any atom is 0.321 e. The van der Waals surface area contributed by atoms with E-state index in [4.69, 9.17) is 0 Å². The Hall–Kier alpha value is -2.82. The third-order valence-electron chi connectivity index (χ3n) is 5.73. The molecule has 0 aromatic heterocycles. The summed E-state index contributed by atoms with van der Waals surface area (Å²) in [5, 5.41) is 6.06. The minimum absolute atomic E-state index is 0.00194. The molecule has 1 saturated heterocycles. The van der Waals surface area contributed by atoms with E-state index in [1.54, 1.807) is 4.90 Å².